The molecule has 3 rings (SSSR count). The smallest absolute Gasteiger partial charge is 0.343 e. The van der Waals surface area contributed by atoms with Gasteiger partial charge in [-0.1, -0.05) is 0 Å². The molecule has 0 unspecified atom stereocenters. The van der Waals surface area contributed by atoms with E-state index in [1.807, 2.05) is 6.07 Å². The third kappa shape index (κ3) is 3.04. The first-order chi connectivity index (χ1) is 13.0. The number of nitrogen functional groups attached to an aromatic ring is 1. The molecular formula is C18H15N5O4. The van der Waals surface area contributed by atoms with Crippen LogP contribution < -0.4 is 16.0 Å². The van der Waals surface area contributed by atoms with Crippen molar-refractivity contribution >= 4 is 17.6 Å². The number of aromatic nitrogens is 3. The van der Waals surface area contributed by atoms with E-state index in [1.165, 1.54) is 13.3 Å². The summed E-state index contributed by atoms with van der Waals surface area (Å²) in [5, 5.41) is 9.49. The van der Waals surface area contributed by atoms with Crippen LogP contribution in [-0.4, -0.2) is 34.1 Å². The standard InChI is InChI=1S/C18H15N5O4/c1-3-27-17(25)13-9-21-18-22-14(10-4-6-11(26-2)7-5-10)12(8-19)16(24)23(18)15(13)20/h4-7,9H,3,20H2,1-2H3. The van der Waals surface area contributed by atoms with Crippen molar-refractivity contribution in [2.24, 2.45) is 0 Å². The van der Waals surface area contributed by atoms with Gasteiger partial charge in [-0.15, -0.1) is 0 Å². The predicted octanol–water partition coefficient (Wildman–Crippen LogP) is 1.40. The van der Waals surface area contributed by atoms with Crippen molar-refractivity contribution in [3.8, 4) is 23.1 Å². The van der Waals surface area contributed by atoms with Crippen LogP contribution in [0.5, 0.6) is 5.75 Å². The minimum Gasteiger partial charge on any atom is -0.497 e. The highest BCUT2D eigenvalue weighted by atomic mass is 16.5. The molecule has 9 nitrogen and oxygen atoms in total. The molecule has 3 aromatic rings. The minimum atomic E-state index is -0.718. The maximum Gasteiger partial charge on any atom is 0.343 e. The number of ether oxygens (including phenoxy) is 2. The summed E-state index contributed by atoms with van der Waals surface area (Å²) in [6.45, 7) is 1.79. The Labute approximate surface area is 153 Å². The van der Waals surface area contributed by atoms with Gasteiger partial charge >= 0.3 is 5.97 Å². The van der Waals surface area contributed by atoms with Crippen molar-refractivity contribution in [2.45, 2.75) is 6.92 Å². The van der Waals surface area contributed by atoms with Gasteiger partial charge in [0.1, 0.15) is 28.8 Å². The lowest BCUT2D eigenvalue weighted by molar-refractivity contribution is 0.0526. The number of carbonyl (C=O) groups excluding carboxylic acids is 1. The zero-order valence-corrected chi connectivity index (χ0v) is 14.6. The van der Waals surface area contributed by atoms with Crippen LogP contribution in [0.3, 0.4) is 0 Å². The van der Waals surface area contributed by atoms with E-state index in [0.29, 0.717) is 11.3 Å². The number of rotatable bonds is 4. The van der Waals surface area contributed by atoms with E-state index < -0.39 is 11.5 Å². The summed E-state index contributed by atoms with van der Waals surface area (Å²) in [6.07, 6.45) is 1.19. The molecule has 2 aromatic heterocycles. The molecule has 0 bridgehead atoms. The van der Waals surface area contributed by atoms with Crippen molar-refractivity contribution in [2.75, 3.05) is 19.5 Å². The van der Waals surface area contributed by atoms with Gasteiger partial charge in [0.25, 0.3) is 5.56 Å². The second kappa shape index (κ2) is 7.13. The minimum absolute atomic E-state index is 0.0321. The average molecular weight is 365 g/mol. The molecule has 0 radical (unpaired) electrons. The number of nitrogens with two attached hydrogens (primary N) is 1. The molecule has 0 aliphatic rings. The van der Waals surface area contributed by atoms with Gasteiger partial charge in [0, 0.05) is 11.8 Å². The molecular weight excluding hydrogens is 350 g/mol. The molecule has 0 saturated heterocycles. The zero-order chi connectivity index (χ0) is 19.6. The van der Waals surface area contributed by atoms with Crippen LogP contribution in [0.4, 0.5) is 5.82 Å². The van der Waals surface area contributed by atoms with Gasteiger partial charge in [-0.25, -0.2) is 19.2 Å². The second-order valence-electron chi connectivity index (χ2n) is 5.39. The van der Waals surface area contributed by atoms with E-state index in [4.69, 9.17) is 15.2 Å². The topological polar surface area (TPSA) is 133 Å². The number of methoxy groups -OCH3 is 1. The monoisotopic (exact) mass is 365 g/mol. The first-order valence-corrected chi connectivity index (χ1v) is 7.94. The Morgan fingerprint density at radius 1 is 1.33 bits per heavy atom. The Bertz CT molecular complexity index is 1130. The number of hydrogen-bond acceptors (Lipinski definition) is 8. The molecule has 2 heterocycles. The van der Waals surface area contributed by atoms with Crippen LogP contribution in [0.25, 0.3) is 17.0 Å². The normalized spacial score (nSPS) is 10.4. The number of benzene rings is 1. The second-order valence-corrected chi connectivity index (χ2v) is 5.39. The van der Waals surface area contributed by atoms with E-state index in [0.717, 1.165) is 4.40 Å². The molecule has 0 fully saturated rings. The number of nitriles is 1. The molecule has 9 heteroatoms. The van der Waals surface area contributed by atoms with E-state index in [9.17, 15) is 14.9 Å². The summed E-state index contributed by atoms with van der Waals surface area (Å²) in [7, 11) is 1.53. The summed E-state index contributed by atoms with van der Waals surface area (Å²) in [6, 6.07) is 8.58. The molecule has 136 valence electrons. The third-order valence-electron chi connectivity index (χ3n) is 3.86. The Balaban J connectivity index is 2.27. The highest BCUT2D eigenvalue weighted by Crippen LogP contribution is 2.23. The molecule has 1 aromatic carbocycles. The fraction of sp³-hybridized carbons (Fsp3) is 0.167. The highest BCUT2D eigenvalue weighted by Gasteiger charge is 2.20. The van der Waals surface area contributed by atoms with Crippen LogP contribution in [0.1, 0.15) is 22.8 Å². The largest absolute Gasteiger partial charge is 0.497 e. The number of fused-ring (bicyclic) bond motifs is 1. The highest BCUT2D eigenvalue weighted by molar-refractivity contribution is 5.94. The zero-order valence-electron chi connectivity index (χ0n) is 14.6. The van der Waals surface area contributed by atoms with Gasteiger partial charge in [0.2, 0.25) is 5.78 Å². The molecule has 0 spiro atoms. The van der Waals surface area contributed by atoms with Crippen LogP contribution in [0.2, 0.25) is 0 Å². The van der Waals surface area contributed by atoms with Gasteiger partial charge < -0.3 is 15.2 Å². The molecule has 0 aliphatic carbocycles. The van der Waals surface area contributed by atoms with Crippen molar-refractivity contribution in [3.63, 3.8) is 0 Å². The lowest BCUT2D eigenvalue weighted by Crippen LogP contribution is -2.25. The molecule has 0 amide bonds. The van der Waals surface area contributed by atoms with Crippen molar-refractivity contribution in [1.82, 2.24) is 14.4 Å². The third-order valence-corrected chi connectivity index (χ3v) is 3.86. The van der Waals surface area contributed by atoms with E-state index >= 15 is 0 Å². The molecule has 0 saturated carbocycles. The van der Waals surface area contributed by atoms with Crippen LogP contribution >= 0.6 is 0 Å². The van der Waals surface area contributed by atoms with E-state index in [2.05, 4.69) is 9.97 Å². The van der Waals surface area contributed by atoms with Crippen molar-refractivity contribution in [3.05, 3.63) is 51.9 Å². The SMILES string of the molecule is CCOC(=O)c1cnc2nc(-c3ccc(OC)cc3)c(C#N)c(=O)n2c1N. The van der Waals surface area contributed by atoms with Gasteiger partial charge in [-0.3, -0.25) is 4.79 Å². The van der Waals surface area contributed by atoms with Gasteiger partial charge in [-0.2, -0.15) is 5.26 Å². The fourth-order valence-corrected chi connectivity index (χ4v) is 2.55. The summed E-state index contributed by atoms with van der Waals surface area (Å²) in [4.78, 5) is 33.1. The number of hydrogen-bond donors (Lipinski definition) is 1. The van der Waals surface area contributed by atoms with Crippen molar-refractivity contribution < 1.29 is 14.3 Å². The first-order valence-electron chi connectivity index (χ1n) is 7.94. The van der Waals surface area contributed by atoms with E-state index in [1.54, 1.807) is 31.2 Å². The Hall–Kier alpha value is -3.93. The fourth-order valence-electron chi connectivity index (χ4n) is 2.55. The number of carbonyl (C=O) groups is 1. The average Bonchev–Trinajstić information content (AvgIpc) is 2.68. The van der Waals surface area contributed by atoms with Gasteiger partial charge in [-0.05, 0) is 31.2 Å². The van der Waals surface area contributed by atoms with Gasteiger partial charge in [0.05, 0.1) is 19.4 Å². The Morgan fingerprint density at radius 2 is 2.04 bits per heavy atom. The molecule has 2 N–H and O–H groups in total. The maximum absolute atomic E-state index is 12.8. The summed E-state index contributed by atoms with van der Waals surface area (Å²) in [5.41, 5.74) is 5.66. The molecule has 27 heavy (non-hydrogen) atoms. The quantitative estimate of drug-likeness (QED) is 0.686. The lowest BCUT2D eigenvalue weighted by atomic mass is 10.1. The van der Waals surface area contributed by atoms with Crippen LogP contribution in [0.15, 0.2) is 35.3 Å². The van der Waals surface area contributed by atoms with Crippen LogP contribution in [0, 0.1) is 11.3 Å². The summed E-state index contributed by atoms with van der Waals surface area (Å²) in [5.74, 6) is -0.311. The number of anilines is 1. The molecule has 0 aliphatic heterocycles. The first kappa shape index (κ1) is 17.9. The van der Waals surface area contributed by atoms with Crippen molar-refractivity contribution in [1.29, 1.82) is 5.26 Å². The Morgan fingerprint density at radius 3 is 2.63 bits per heavy atom. The Kier molecular flexibility index (Phi) is 4.72. The number of esters is 1. The van der Waals surface area contributed by atoms with Crippen LogP contribution in [-0.2, 0) is 4.74 Å². The van der Waals surface area contributed by atoms with Gasteiger partial charge in [0.15, 0.2) is 0 Å². The lowest BCUT2D eigenvalue weighted by Gasteiger charge is -2.11. The summed E-state index contributed by atoms with van der Waals surface area (Å²) >= 11 is 0. The maximum atomic E-state index is 12.8. The van der Waals surface area contributed by atoms with E-state index in [-0.39, 0.29) is 35.0 Å². The summed E-state index contributed by atoms with van der Waals surface area (Å²) < 4.78 is 10.9. The number of nitrogens with zero attached hydrogens (tertiary/aromatic N) is 4. The molecule has 0 atom stereocenters. The predicted molar refractivity (Wildman–Crippen MR) is 96.3 cm³/mol.